The number of amides is 1. The second-order valence-electron chi connectivity index (χ2n) is 3.23. The van der Waals surface area contributed by atoms with E-state index in [1.807, 2.05) is 12.1 Å². The highest BCUT2D eigenvalue weighted by atomic mass is 79.9. The van der Waals surface area contributed by atoms with Crippen LogP contribution in [0, 0.1) is 0 Å². The molecule has 1 amide bonds. The van der Waals surface area contributed by atoms with Crippen LogP contribution in [-0.4, -0.2) is 10.9 Å². The Hall–Kier alpha value is -0.910. The lowest BCUT2D eigenvalue weighted by molar-refractivity contribution is 0.0946. The molecule has 2 heterocycles. The summed E-state index contributed by atoms with van der Waals surface area (Å²) < 4.78 is 1.36. The maximum Gasteiger partial charge on any atom is 0.270 e. The molecule has 0 aromatic carbocycles. The van der Waals surface area contributed by atoms with E-state index in [9.17, 15) is 4.79 Å². The van der Waals surface area contributed by atoms with Crippen LogP contribution in [0.2, 0.25) is 4.34 Å². The van der Waals surface area contributed by atoms with Crippen molar-refractivity contribution < 1.29 is 4.79 Å². The highest BCUT2D eigenvalue weighted by molar-refractivity contribution is 9.10. The minimum Gasteiger partial charge on any atom is -0.346 e. The number of nitrogens with zero attached hydrogens (tertiary/aromatic N) is 1. The fourth-order valence-corrected chi connectivity index (χ4v) is 2.61. The largest absolute Gasteiger partial charge is 0.346 e. The summed E-state index contributed by atoms with van der Waals surface area (Å²) in [6, 6.07) is 8.91. The van der Waals surface area contributed by atoms with E-state index in [1.165, 1.54) is 11.3 Å². The first-order valence-electron chi connectivity index (χ1n) is 4.80. The van der Waals surface area contributed by atoms with Crippen molar-refractivity contribution in [1.29, 1.82) is 0 Å². The lowest BCUT2D eigenvalue weighted by Crippen LogP contribution is -2.23. The van der Waals surface area contributed by atoms with Gasteiger partial charge in [-0.3, -0.25) is 4.79 Å². The Morgan fingerprint density at radius 1 is 1.41 bits per heavy atom. The molecule has 2 aromatic heterocycles. The average molecular weight is 332 g/mol. The molecule has 2 aromatic rings. The van der Waals surface area contributed by atoms with E-state index in [2.05, 4.69) is 26.2 Å². The molecule has 0 aliphatic rings. The molecule has 88 valence electrons. The smallest absolute Gasteiger partial charge is 0.270 e. The quantitative estimate of drug-likeness (QED) is 0.875. The van der Waals surface area contributed by atoms with E-state index in [0.29, 0.717) is 16.8 Å². The molecule has 0 aliphatic heterocycles. The van der Waals surface area contributed by atoms with Gasteiger partial charge >= 0.3 is 0 Å². The predicted octanol–water partition coefficient (Wildman–Crippen LogP) is 3.49. The van der Waals surface area contributed by atoms with Crippen molar-refractivity contribution in [2.75, 3.05) is 0 Å². The number of halogens is 2. The summed E-state index contributed by atoms with van der Waals surface area (Å²) in [7, 11) is 0. The Kier molecular flexibility index (Phi) is 4.15. The summed E-state index contributed by atoms with van der Waals surface area (Å²) in [4.78, 5) is 16.8. The van der Waals surface area contributed by atoms with Gasteiger partial charge in [-0.25, -0.2) is 4.98 Å². The lowest BCUT2D eigenvalue weighted by Gasteiger charge is -2.02. The molecule has 0 radical (unpaired) electrons. The van der Waals surface area contributed by atoms with Crippen LogP contribution >= 0.6 is 38.9 Å². The zero-order valence-corrected chi connectivity index (χ0v) is 11.8. The van der Waals surface area contributed by atoms with Crippen LogP contribution in [0.3, 0.4) is 0 Å². The zero-order valence-electron chi connectivity index (χ0n) is 8.61. The second kappa shape index (κ2) is 5.62. The van der Waals surface area contributed by atoms with Crippen LogP contribution in [0.25, 0.3) is 0 Å². The van der Waals surface area contributed by atoms with Gasteiger partial charge in [0.1, 0.15) is 10.3 Å². The molecule has 0 saturated carbocycles. The lowest BCUT2D eigenvalue weighted by atomic mass is 10.3. The molecule has 0 bridgehead atoms. The number of hydrogen-bond donors (Lipinski definition) is 1. The number of aromatic nitrogens is 1. The molecule has 0 saturated heterocycles. The van der Waals surface area contributed by atoms with Crippen molar-refractivity contribution >= 4 is 44.8 Å². The summed E-state index contributed by atoms with van der Waals surface area (Å²) in [6.07, 6.45) is 0. The molecule has 17 heavy (non-hydrogen) atoms. The van der Waals surface area contributed by atoms with E-state index < -0.39 is 0 Å². The summed E-state index contributed by atoms with van der Waals surface area (Å²) in [5, 5.41) is 2.79. The molecule has 0 spiro atoms. The van der Waals surface area contributed by atoms with Crippen LogP contribution in [-0.2, 0) is 6.54 Å². The standard InChI is InChI=1S/C11H8BrClN2OS/c12-9-3-1-2-8(15-9)11(16)14-6-7-4-5-10(13)17-7/h1-5H,6H2,(H,14,16). The van der Waals surface area contributed by atoms with Crippen molar-refractivity contribution in [3.63, 3.8) is 0 Å². The molecule has 1 N–H and O–H groups in total. The molecule has 0 unspecified atom stereocenters. The number of carbonyl (C=O) groups is 1. The molecular weight excluding hydrogens is 324 g/mol. The maximum absolute atomic E-state index is 11.8. The number of carbonyl (C=O) groups excluding carboxylic acids is 1. The first-order valence-corrected chi connectivity index (χ1v) is 6.79. The molecule has 3 nitrogen and oxygen atoms in total. The van der Waals surface area contributed by atoms with Gasteiger partial charge < -0.3 is 5.32 Å². The van der Waals surface area contributed by atoms with Crippen LogP contribution in [0.1, 0.15) is 15.4 Å². The highest BCUT2D eigenvalue weighted by Crippen LogP contribution is 2.21. The van der Waals surface area contributed by atoms with Crippen molar-refractivity contribution in [3.8, 4) is 0 Å². The van der Waals surface area contributed by atoms with Crippen molar-refractivity contribution in [2.45, 2.75) is 6.54 Å². The van der Waals surface area contributed by atoms with Crippen molar-refractivity contribution in [1.82, 2.24) is 10.3 Å². The van der Waals surface area contributed by atoms with Gasteiger partial charge in [0.05, 0.1) is 10.9 Å². The van der Waals surface area contributed by atoms with Crippen LogP contribution in [0.4, 0.5) is 0 Å². The van der Waals surface area contributed by atoms with E-state index in [1.54, 1.807) is 18.2 Å². The van der Waals surface area contributed by atoms with Gasteiger partial charge in [0, 0.05) is 4.88 Å². The van der Waals surface area contributed by atoms with Crippen molar-refractivity contribution in [3.05, 3.63) is 49.8 Å². The van der Waals surface area contributed by atoms with Gasteiger partial charge in [-0.2, -0.15) is 0 Å². The Labute approximate surface area is 116 Å². The third-order valence-corrected chi connectivity index (χ3v) is 3.67. The number of pyridine rings is 1. The van der Waals surface area contributed by atoms with Gasteiger partial charge in [-0.1, -0.05) is 17.7 Å². The minimum atomic E-state index is -0.198. The van der Waals surface area contributed by atoms with E-state index >= 15 is 0 Å². The van der Waals surface area contributed by atoms with Gasteiger partial charge in [-0.05, 0) is 40.2 Å². The topological polar surface area (TPSA) is 42.0 Å². The fourth-order valence-electron chi connectivity index (χ4n) is 1.24. The molecule has 0 fully saturated rings. The maximum atomic E-state index is 11.8. The Bertz CT molecular complexity index is 544. The van der Waals surface area contributed by atoms with E-state index in [4.69, 9.17) is 11.6 Å². The number of rotatable bonds is 3. The van der Waals surface area contributed by atoms with Crippen LogP contribution in [0.15, 0.2) is 34.9 Å². The molecule has 2 rings (SSSR count). The summed E-state index contributed by atoms with van der Waals surface area (Å²) in [5.74, 6) is -0.198. The Morgan fingerprint density at radius 3 is 2.88 bits per heavy atom. The first kappa shape index (κ1) is 12.5. The zero-order chi connectivity index (χ0) is 12.3. The second-order valence-corrected chi connectivity index (χ2v) is 5.85. The Morgan fingerprint density at radius 2 is 2.24 bits per heavy atom. The normalized spacial score (nSPS) is 10.2. The molecule has 0 aliphatic carbocycles. The van der Waals surface area contributed by atoms with Gasteiger partial charge in [0.25, 0.3) is 5.91 Å². The average Bonchev–Trinajstić information content (AvgIpc) is 2.72. The summed E-state index contributed by atoms with van der Waals surface area (Å²) >= 11 is 10.5. The minimum absolute atomic E-state index is 0.198. The first-order chi connectivity index (χ1) is 8.15. The predicted molar refractivity (Wildman–Crippen MR) is 72.4 cm³/mol. The monoisotopic (exact) mass is 330 g/mol. The summed E-state index contributed by atoms with van der Waals surface area (Å²) in [6.45, 7) is 0.463. The van der Waals surface area contributed by atoms with E-state index in [0.717, 1.165) is 9.21 Å². The molecule has 6 heteroatoms. The van der Waals surface area contributed by atoms with Crippen molar-refractivity contribution in [2.24, 2.45) is 0 Å². The Balaban J connectivity index is 1.98. The summed E-state index contributed by atoms with van der Waals surface area (Å²) in [5.41, 5.74) is 0.391. The third kappa shape index (κ3) is 3.52. The highest BCUT2D eigenvalue weighted by Gasteiger charge is 2.07. The van der Waals surface area contributed by atoms with Crippen LogP contribution in [0.5, 0.6) is 0 Å². The molecule has 0 atom stereocenters. The number of hydrogen-bond acceptors (Lipinski definition) is 3. The van der Waals surface area contributed by atoms with Gasteiger partial charge in [0.15, 0.2) is 0 Å². The number of thiophene rings is 1. The van der Waals surface area contributed by atoms with Gasteiger partial charge in [0.2, 0.25) is 0 Å². The SMILES string of the molecule is O=C(NCc1ccc(Cl)s1)c1cccc(Br)n1. The molecular formula is C11H8BrClN2OS. The fraction of sp³-hybridized carbons (Fsp3) is 0.0909. The van der Waals surface area contributed by atoms with Gasteiger partial charge in [-0.15, -0.1) is 11.3 Å². The van der Waals surface area contributed by atoms with E-state index in [-0.39, 0.29) is 5.91 Å². The number of nitrogens with one attached hydrogen (secondary N) is 1. The third-order valence-electron chi connectivity index (χ3n) is 2.00. The van der Waals surface area contributed by atoms with Crippen LogP contribution < -0.4 is 5.32 Å².